The lowest BCUT2D eigenvalue weighted by Crippen LogP contribution is -2.53. The van der Waals surface area contributed by atoms with E-state index in [2.05, 4.69) is 73.3 Å². The van der Waals surface area contributed by atoms with E-state index in [1.807, 2.05) is 0 Å². The van der Waals surface area contributed by atoms with Gasteiger partial charge in [-0.05, 0) is 53.8 Å². The molecule has 1 heteroatoms. The van der Waals surface area contributed by atoms with Crippen LogP contribution in [0.1, 0.15) is 42.9 Å². The summed E-state index contributed by atoms with van der Waals surface area (Å²) in [6, 6.07) is 20.9. The van der Waals surface area contributed by atoms with Crippen molar-refractivity contribution in [2.45, 2.75) is 45.2 Å². The smallest absolute Gasteiger partial charge is 0.0236 e. The van der Waals surface area contributed by atoms with E-state index in [4.69, 9.17) is 0 Å². The molecule has 1 heterocycles. The molecule has 0 spiro atoms. The molecule has 1 fully saturated rings. The van der Waals surface area contributed by atoms with Gasteiger partial charge in [0.05, 0.1) is 0 Å². The van der Waals surface area contributed by atoms with E-state index in [9.17, 15) is 0 Å². The monoisotopic (exact) mass is 305 g/mol. The number of fused-ring (bicyclic) bond motifs is 4. The van der Waals surface area contributed by atoms with Crippen LogP contribution in [-0.4, -0.2) is 17.5 Å². The lowest BCUT2D eigenvalue weighted by molar-refractivity contribution is 0.0348. The number of piperidine rings is 1. The molecule has 2 aromatic rings. The molecule has 1 nitrogen and oxygen atoms in total. The summed E-state index contributed by atoms with van der Waals surface area (Å²) >= 11 is 0. The highest BCUT2D eigenvalue weighted by molar-refractivity contribution is 5.36. The molecule has 2 bridgehead atoms. The zero-order valence-electron chi connectivity index (χ0n) is 14.3. The fraction of sp³-hybridized carbons (Fsp3) is 0.455. The molecule has 3 atom stereocenters. The highest BCUT2D eigenvalue weighted by Crippen LogP contribution is 2.47. The van der Waals surface area contributed by atoms with E-state index >= 15 is 0 Å². The minimum atomic E-state index is 0.698. The Morgan fingerprint density at radius 1 is 1.00 bits per heavy atom. The Hall–Kier alpha value is -1.60. The van der Waals surface area contributed by atoms with Crippen LogP contribution in [0.4, 0.5) is 0 Å². The largest absolute Gasteiger partial charge is 0.295 e. The molecule has 0 unspecified atom stereocenters. The van der Waals surface area contributed by atoms with Gasteiger partial charge in [-0.2, -0.15) is 0 Å². The second-order valence-corrected chi connectivity index (χ2v) is 7.64. The van der Waals surface area contributed by atoms with Gasteiger partial charge in [-0.15, -0.1) is 0 Å². The molecule has 0 saturated carbocycles. The van der Waals surface area contributed by atoms with Gasteiger partial charge in [0.25, 0.3) is 0 Å². The molecule has 1 saturated heterocycles. The number of likely N-dealkylation sites (tertiary alicyclic amines) is 1. The molecule has 0 radical (unpaired) electrons. The minimum Gasteiger partial charge on any atom is -0.295 e. The fourth-order valence-corrected chi connectivity index (χ4v) is 5.03. The molecule has 4 rings (SSSR count). The summed E-state index contributed by atoms with van der Waals surface area (Å²) in [5.41, 5.74) is 4.69. The van der Waals surface area contributed by atoms with Gasteiger partial charge in [-0.1, -0.05) is 68.4 Å². The summed E-state index contributed by atoms with van der Waals surface area (Å²) in [4.78, 5) is 2.76. The van der Waals surface area contributed by atoms with Gasteiger partial charge in [0.15, 0.2) is 0 Å². The average molecular weight is 305 g/mol. The summed E-state index contributed by atoms with van der Waals surface area (Å²) in [5, 5.41) is 0. The van der Waals surface area contributed by atoms with Crippen molar-refractivity contribution in [2.75, 3.05) is 6.54 Å². The molecule has 2 aromatic carbocycles. The lowest BCUT2D eigenvalue weighted by atomic mass is 9.64. The normalized spacial score (nSPS) is 27.0. The molecule has 120 valence electrons. The van der Waals surface area contributed by atoms with Crippen LogP contribution in [0.25, 0.3) is 0 Å². The van der Waals surface area contributed by atoms with Gasteiger partial charge in [-0.25, -0.2) is 0 Å². The number of nitrogens with zero attached hydrogens (tertiary/aromatic N) is 1. The van der Waals surface area contributed by atoms with Crippen LogP contribution in [0.3, 0.4) is 0 Å². The highest BCUT2D eigenvalue weighted by atomic mass is 15.2. The fourth-order valence-electron chi connectivity index (χ4n) is 5.03. The summed E-state index contributed by atoms with van der Waals surface area (Å²) in [6.45, 7) is 7.18. The van der Waals surface area contributed by atoms with Crippen LogP contribution in [0.2, 0.25) is 0 Å². The van der Waals surface area contributed by atoms with E-state index in [0.717, 1.165) is 24.3 Å². The van der Waals surface area contributed by atoms with Gasteiger partial charge in [0.1, 0.15) is 0 Å². The summed E-state index contributed by atoms with van der Waals surface area (Å²) in [6.07, 6.45) is 2.53. The molecule has 0 amide bonds. The zero-order valence-corrected chi connectivity index (χ0v) is 14.3. The third-order valence-electron chi connectivity index (χ3n) is 5.99. The van der Waals surface area contributed by atoms with Crippen LogP contribution < -0.4 is 0 Å². The minimum absolute atomic E-state index is 0.698. The van der Waals surface area contributed by atoms with Crippen molar-refractivity contribution in [3.05, 3.63) is 71.3 Å². The Kier molecular flexibility index (Phi) is 3.98. The number of rotatable bonds is 3. The van der Waals surface area contributed by atoms with Crippen LogP contribution >= 0.6 is 0 Å². The highest BCUT2D eigenvalue weighted by Gasteiger charge is 2.43. The second kappa shape index (κ2) is 6.13. The summed E-state index contributed by atoms with van der Waals surface area (Å²) in [7, 11) is 0. The Morgan fingerprint density at radius 3 is 2.52 bits per heavy atom. The van der Waals surface area contributed by atoms with Crippen molar-refractivity contribution in [1.82, 2.24) is 4.90 Å². The van der Waals surface area contributed by atoms with Crippen molar-refractivity contribution in [3.63, 3.8) is 0 Å². The first kappa shape index (κ1) is 15.0. The quantitative estimate of drug-likeness (QED) is 0.781. The van der Waals surface area contributed by atoms with Crippen molar-refractivity contribution in [1.29, 1.82) is 0 Å². The predicted molar refractivity (Wildman–Crippen MR) is 96.5 cm³/mol. The Bertz CT molecular complexity index is 661. The van der Waals surface area contributed by atoms with Gasteiger partial charge in [0.2, 0.25) is 0 Å². The first-order valence-electron chi connectivity index (χ1n) is 9.10. The standard InChI is InChI=1S/C22H27N/c1-16(2)22-20-12-13-23(15-17-8-4-3-5-9-17)21(22)14-18-10-6-7-11-19(18)20/h3-11,16,20-22H,12-15H2,1-2H3/t20-,21-,22-/m1/s1. The van der Waals surface area contributed by atoms with Gasteiger partial charge in [-0.3, -0.25) is 4.90 Å². The molecule has 1 aliphatic heterocycles. The van der Waals surface area contributed by atoms with Crippen molar-refractivity contribution >= 4 is 0 Å². The maximum Gasteiger partial charge on any atom is 0.0236 e. The molecular formula is C22H27N. The van der Waals surface area contributed by atoms with Crippen molar-refractivity contribution in [2.24, 2.45) is 11.8 Å². The van der Waals surface area contributed by atoms with E-state index in [-0.39, 0.29) is 0 Å². The van der Waals surface area contributed by atoms with Crippen molar-refractivity contribution in [3.8, 4) is 0 Å². The average Bonchev–Trinajstić information content (AvgIpc) is 2.57. The third-order valence-corrected chi connectivity index (χ3v) is 5.99. The van der Waals surface area contributed by atoms with E-state index in [0.29, 0.717) is 6.04 Å². The number of hydrogen-bond acceptors (Lipinski definition) is 1. The van der Waals surface area contributed by atoms with Gasteiger partial charge < -0.3 is 0 Å². The molecule has 0 aromatic heterocycles. The molecular weight excluding hydrogens is 278 g/mol. The number of benzene rings is 2. The Balaban J connectivity index is 1.66. The molecule has 1 aliphatic carbocycles. The molecule has 0 N–H and O–H groups in total. The van der Waals surface area contributed by atoms with E-state index in [1.54, 1.807) is 11.1 Å². The van der Waals surface area contributed by atoms with Crippen LogP contribution in [0, 0.1) is 11.8 Å². The maximum atomic E-state index is 2.76. The van der Waals surface area contributed by atoms with Gasteiger partial charge >= 0.3 is 0 Å². The Labute approximate surface area is 140 Å². The first-order chi connectivity index (χ1) is 11.2. The topological polar surface area (TPSA) is 3.24 Å². The van der Waals surface area contributed by atoms with Gasteiger partial charge in [0, 0.05) is 12.6 Å². The molecule has 2 aliphatic rings. The van der Waals surface area contributed by atoms with Crippen molar-refractivity contribution < 1.29 is 0 Å². The maximum absolute atomic E-state index is 2.76. The van der Waals surface area contributed by atoms with Crippen LogP contribution in [-0.2, 0) is 13.0 Å². The third kappa shape index (κ3) is 2.72. The first-order valence-corrected chi connectivity index (χ1v) is 9.10. The Morgan fingerprint density at radius 2 is 1.74 bits per heavy atom. The van der Waals surface area contributed by atoms with Crippen LogP contribution in [0.15, 0.2) is 54.6 Å². The van der Waals surface area contributed by atoms with E-state index < -0.39 is 0 Å². The lowest BCUT2D eigenvalue weighted by Gasteiger charge is -2.51. The zero-order chi connectivity index (χ0) is 15.8. The molecule has 23 heavy (non-hydrogen) atoms. The predicted octanol–water partition coefficient (Wildman–Crippen LogP) is 4.87. The second-order valence-electron chi connectivity index (χ2n) is 7.64. The van der Waals surface area contributed by atoms with Crippen LogP contribution in [0.5, 0.6) is 0 Å². The SMILES string of the molecule is CC(C)[C@@H]1[C@@H]2CCN(Cc3ccccc3)[C@@H]1Cc1ccccc12. The number of hydrogen-bond donors (Lipinski definition) is 0. The summed E-state index contributed by atoms with van der Waals surface area (Å²) < 4.78 is 0. The summed E-state index contributed by atoms with van der Waals surface area (Å²) in [5.74, 6) is 2.30. The van der Waals surface area contributed by atoms with E-state index in [1.165, 1.54) is 24.9 Å².